The molecule has 0 radical (unpaired) electrons. The number of fused-ring (bicyclic) bond motifs is 1. The van der Waals surface area contributed by atoms with Crippen molar-refractivity contribution in [1.82, 2.24) is 4.90 Å². The van der Waals surface area contributed by atoms with Crippen LogP contribution >= 0.6 is 0 Å². The predicted molar refractivity (Wildman–Crippen MR) is 115 cm³/mol. The third-order valence-corrected chi connectivity index (χ3v) is 5.66. The summed E-state index contributed by atoms with van der Waals surface area (Å²) >= 11 is 0. The molecule has 3 aromatic carbocycles. The van der Waals surface area contributed by atoms with Crippen molar-refractivity contribution in [1.29, 1.82) is 0 Å². The van der Waals surface area contributed by atoms with Crippen LogP contribution in [0.4, 0.5) is 18.9 Å². The molecule has 1 amide bonds. The van der Waals surface area contributed by atoms with E-state index in [1.807, 2.05) is 49.4 Å². The highest BCUT2D eigenvalue weighted by Gasteiger charge is 2.39. The molecule has 2 atom stereocenters. The van der Waals surface area contributed by atoms with Crippen LogP contribution in [-0.2, 0) is 12.6 Å². The quantitative estimate of drug-likeness (QED) is 0.504. The Balaban J connectivity index is 1.60. The first-order valence-electron chi connectivity index (χ1n) is 10.2. The first-order valence-corrected chi connectivity index (χ1v) is 10.2. The van der Waals surface area contributed by atoms with Gasteiger partial charge >= 0.3 is 6.18 Å². The Morgan fingerprint density at radius 1 is 0.968 bits per heavy atom. The van der Waals surface area contributed by atoms with Gasteiger partial charge in [-0.05, 0) is 49.6 Å². The fourth-order valence-corrected chi connectivity index (χ4v) is 4.04. The van der Waals surface area contributed by atoms with Crippen LogP contribution in [0.2, 0.25) is 0 Å². The van der Waals surface area contributed by atoms with Gasteiger partial charge in [-0.25, -0.2) is 0 Å². The van der Waals surface area contributed by atoms with E-state index in [1.54, 1.807) is 23.1 Å². The average Bonchev–Trinajstić information content (AvgIpc) is 3.04. The molecule has 2 unspecified atom stereocenters. The third-order valence-electron chi connectivity index (χ3n) is 5.66. The second-order valence-electron chi connectivity index (χ2n) is 7.80. The second-order valence-corrected chi connectivity index (χ2v) is 7.80. The summed E-state index contributed by atoms with van der Waals surface area (Å²) in [5.74, 6) is -0.111. The van der Waals surface area contributed by atoms with Crippen LogP contribution in [0.3, 0.4) is 0 Å². The first-order chi connectivity index (χ1) is 14.8. The largest absolute Gasteiger partial charge is 0.416 e. The van der Waals surface area contributed by atoms with Crippen LogP contribution in [0.15, 0.2) is 78.9 Å². The van der Waals surface area contributed by atoms with Crippen molar-refractivity contribution in [2.75, 3.05) is 5.32 Å². The fourth-order valence-electron chi connectivity index (χ4n) is 4.04. The maximum atomic E-state index is 13.2. The smallest absolute Gasteiger partial charge is 0.361 e. The molecule has 1 heterocycles. The molecule has 0 aliphatic carbocycles. The maximum Gasteiger partial charge on any atom is 0.416 e. The van der Waals surface area contributed by atoms with Gasteiger partial charge in [0.1, 0.15) is 6.17 Å². The molecule has 1 aliphatic heterocycles. The van der Waals surface area contributed by atoms with Gasteiger partial charge in [0, 0.05) is 22.9 Å². The van der Waals surface area contributed by atoms with E-state index >= 15 is 0 Å². The van der Waals surface area contributed by atoms with Crippen LogP contribution in [-0.4, -0.2) is 16.8 Å². The molecule has 0 saturated carbocycles. The molecule has 1 N–H and O–H groups in total. The van der Waals surface area contributed by atoms with Crippen LogP contribution in [0.25, 0.3) is 0 Å². The van der Waals surface area contributed by atoms with E-state index in [9.17, 15) is 18.0 Å². The van der Waals surface area contributed by atoms with E-state index in [4.69, 9.17) is 0 Å². The van der Waals surface area contributed by atoms with Crippen molar-refractivity contribution in [2.24, 2.45) is 0 Å². The summed E-state index contributed by atoms with van der Waals surface area (Å²) in [4.78, 5) is 14.9. The van der Waals surface area contributed by atoms with E-state index in [1.165, 1.54) is 11.6 Å². The number of benzene rings is 3. The van der Waals surface area contributed by atoms with Crippen molar-refractivity contribution in [3.8, 4) is 0 Å². The lowest BCUT2D eigenvalue weighted by Crippen LogP contribution is -2.39. The Morgan fingerprint density at radius 3 is 2.42 bits per heavy atom. The van der Waals surface area contributed by atoms with E-state index in [2.05, 4.69) is 5.32 Å². The van der Waals surface area contributed by atoms with E-state index < -0.39 is 17.9 Å². The fraction of sp³-hybridized carbons (Fsp3) is 0.240. The number of aryl methyl sites for hydroxylation is 1. The topological polar surface area (TPSA) is 32.3 Å². The Kier molecular flexibility index (Phi) is 5.72. The molecule has 160 valence electrons. The van der Waals surface area contributed by atoms with Crippen molar-refractivity contribution in [3.63, 3.8) is 0 Å². The molecule has 0 saturated heterocycles. The lowest BCUT2D eigenvalue weighted by atomic mass is 10.0. The molecule has 0 fully saturated rings. The normalized spacial score (nSPS) is 16.8. The summed E-state index contributed by atoms with van der Waals surface area (Å²) in [6.45, 7) is 1.98. The number of carbonyl (C=O) groups excluding carboxylic acids is 1. The minimum absolute atomic E-state index is 0.108. The lowest BCUT2D eigenvalue weighted by Gasteiger charge is -2.32. The number of anilines is 1. The number of nitrogens with zero attached hydrogens (tertiary/aromatic N) is 1. The second kappa shape index (κ2) is 8.46. The van der Waals surface area contributed by atoms with Crippen LogP contribution in [0, 0.1) is 0 Å². The molecule has 6 heteroatoms. The van der Waals surface area contributed by atoms with E-state index in [0.717, 1.165) is 30.5 Å². The van der Waals surface area contributed by atoms with Gasteiger partial charge in [-0.1, -0.05) is 54.6 Å². The maximum absolute atomic E-state index is 13.2. The van der Waals surface area contributed by atoms with Gasteiger partial charge in [-0.3, -0.25) is 4.79 Å². The number of hydrogen-bond acceptors (Lipinski definition) is 2. The van der Waals surface area contributed by atoms with E-state index in [0.29, 0.717) is 11.3 Å². The van der Waals surface area contributed by atoms with Gasteiger partial charge in [0.15, 0.2) is 0 Å². The standard InChI is InChI=1S/C25H23F3N2O/c1-17(14-15-18-8-3-2-4-9-18)30-23(21-12-5-6-13-22(21)24(30)31)29-20-11-7-10-19(16-20)25(26,27)28/h2-13,16-17,23,29H,14-15H2,1H3. The van der Waals surface area contributed by atoms with Gasteiger partial charge in [0.25, 0.3) is 5.91 Å². The average molecular weight is 424 g/mol. The summed E-state index contributed by atoms with van der Waals surface area (Å²) < 4.78 is 39.5. The zero-order chi connectivity index (χ0) is 22.0. The molecule has 0 spiro atoms. The monoisotopic (exact) mass is 424 g/mol. The number of amides is 1. The van der Waals surface area contributed by atoms with Gasteiger partial charge in [0.05, 0.1) is 5.56 Å². The summed E-state index contributed by atoms with van der Waals surface area (Å²) in [5, 5.41) is 3.17. The summed E-state index contributed by atoms with van der Waals surface area (Å²) in [6, 6.07) is 22.3. The summed E-state index contributed by atoms with van der Waals surface area (Å²) in [5.41, 5.74) is 2.14. The minimum Gasteiger partial charge on any atom is -0.361 e. The molecule has 0 bridgehead atoms. The summed E-state index contributed by atoms with van der Waals surface area (Å²) in [6.07, 6.45) is -3.41. The Labute approximate surface area is 179 Å². The number of alkyl halides is 3. The SMILES string of the molecule is CC(CCc1ccccc1)N1C(=O)c2ccccc2C1Nc1cccc(C(F)(F)F)c1. The highest BCUT2D eigenvalue weighted by molar-refractivity contribution is 5.99. The van der Waals surface area contributed by atoms with E-state index in [-0.39, 0.29) is 11.9 Å². The Bertz CT molecular complexity index is 1070. The Morgan fingerprint density at radius 2 is 1.68 bits per heavy atom. The third kappa shape index (κ3) is 4.43. The van der Waals surface area contributed by atoms with Crippen molar-refractivity contribution < 1.29 is 18.0 Å². The number of carbonyl (C=O) groups is 1. The molecule has 3 nitrogen and oxygen atoms in total. The molecular weight excluding hydrogens is 401 g/mol. The van der Waals surface area contributed by atoms with Crippen LogP contribution in [0.5, 0.6) is 0 Å². The molecule has 3 aromatic rings. The summed E-state index contributed by atoms with van der Waals surface area (Å²) in [7, 11) is 0. The highest BCUT2D eigenvalue weighted by Crippen LogP contribution is 2.38. The molecular formula is C25H23F3N2O. The van der Waals surface area contributed by atoms with Gasteiger partial charge in [-0.15, -0.1) is 0 Å². The Hall–Kier alpha value is -3.28. The number of hydrogen-bond donors (Lipinski definition) is 1. The minimum atomic E-state index is -4.43. The molecule has 0 aromatic heterocycles. The zero-order valence-electron chi connectivity index (χ0n) is 17.1. The van der Waals surface area contributed by atoms with Gasteiger partial charge < -0.3 is 10.2 Å². The molecule has 1 aliphatic rings. The molecule has 31 heavy (non-hydrogen) atoms. The van der Waals surface area contributed by atoms with Gasteiger partial charge in [0.2, 0.25) is 0 Å². The molecule has 4 rings (SSSR count). The first kappa shape index (κ1) is 21.0. The number of halogens is 3. The lowest BCUT2D eigenvalue weighted by molar-refractivity contribution is -0.137. The number of rotatable bonds is 6. The number of nitrogens with one attached hydrogen (secondary N) is 1. The predicted octanol–water partition coefficient (Wildman–Crippen LogP) is 6.29. The van der Waals surface area contributed by atoms with Gasteiger partial charge in [-0.2, -0.15) is 13.2 Å². The van der Waals surface area contributed by atoms with Crippen LogP contribution in [0.1, 0.15) is 46.6 Å². The van der Waals surface area contributed by atoms with Crippen molar-refractivity contribution in [3.05, 3.63) is 101 Å². The highest BCUT2D eigenvalue weighted by atomic mass is 19.4. The zero-order valence-corrected chi connectivity index (χ0v) is 17.1. The van der Waals surface area contributed by atoms with Crippen LogP contribution < -0.4 is 5.32 Å². The van der Waals surface area contributed by atoms with Crippen molar-refractivity contribution >= 4 is 11.6 Å². The van der Waals surface area contributed by atoms with Crippen molar-refractivity contribution in [2.45, 2.75) is 38.1 Å².